The van der Waals surface area contributed by atoms with E-state index >= 15 is 0 Å². The Balaban J connectivity index is 1.72. The van der Waals surface area contributed by atoms with Crippen LogP contribution in [0.5, 0.6) is 0 Å². The fraction of sp³-hybridized carbons (Fsp3) is 0.588. The Labute approximate surface area is 143 Å². The van der Waals surface area contributed by atoms with Crippen molar-refractivity contribution in [1.29, 1.82) is 0 Å². The maximum Gasteiger partial charge on any atom is 0.305 e. The second-order valence-electron chi connectivity index (χ2n) is 5.54. The molecular weight excluding hydrogens is 306 g/mol. The molecule has 132 valence electrons. The number of rotatable bonds is 6. The third-order valence-electron chi connectivity index (χ3n) is 3.91. The second kappa shape index (κ2) is 9.75. The monoisotopic (exact) mass is 333 g/mol. The van der Waals surface area contributed by atoms with Gasteiger partial charge in [-0.3, -0.25) is 9.79 Å². The van der Waals surface area contributed by atoms with Gasteiger partial charge in [0.25, 0.3) is 0 Å². The van der Waals surface area contributed by atoms with Crippen LogP contribution in [0.1, 0.15) is 19.8 Å². The fourth-order valence-electron chi connectivity index (χ4n) is 2.69. The molecule has 0 atom stereocenters. The quantitative estimate of drug-likeness (QED) is 0.364. The summed E-state index contributed by atoms with van der Waals surface area (Å²) in [6.07, 6.45) is 3.00. The van der Waals surface area contributed by atoms with E-state index in [9.17, 15) is 4.79 Å². The van der Waals surface area contributed by atoms with E-state index in [4.69, 9.17) is 4.74 Å². The highest BCUT2D eigenvalue weighted by Crippen LogP contribution is 2.12. The van der Waals surface area contributed by atoms with Gasteiger partial charge in [0.05, 0.1) is 6.61 Å². The van der Waals surface area contributed by atoms with Crippen LogP contribution < -0.4 is 10.2 Å². The fourth-order valence-corrected chi connectivity index (χ4v) is 2.69. The molecule has 0 bridgehead atoms. The van der Waals surface area contributed by atoms with Crippen molar-refractivity contribution in [3.05, 3.63) is 24.4 Å². The number of guanidine groups is 1. The van der Waals surface area contributed by atoms with E-state index in [1.807, 2.05) is 31.3 Å². The van der Waals surface area contributed by atoms with Gasteiger partial charge < -0.3 is 19.9 Å². The van der Waals surface area contributed by atoms with E-state index in [0.29, 0.717) is 19.6 Å². The Kier molecular flexibility index (Phi) is 7.32. The summed E-state index contributed by atoms with van der Waals surface area (Å²) < 4.78 is 4.93. The first-order valence-corrected chi connectivity index (χ1v) is 8.51. The Hall–Kier alpha value is -2.31. The molecule has 0 saturated carbocycles. The zero-order valence-electron chi connectivity index (χ0n) is 14.6. The standard InChI is InChI=1S/C17H27N5O2/c1-3-24-16(23)8-6-10-20-17(18-2)22-13-11-21(12-14-22)15-7-4-5-9-19-15/h4-5,7,9H,3,6,8,10-14H2,1-2H3,(H,18,20). The molecule has 1 aliphatic rings. The lowest BCUT2D eigenvalue weighted by Gasteiger charge is -2.37. The molecule has 1 aliphatic heterocycles. The molecule has 0 aromatic carbocycles. The van der Waals surface area contributed by atoms with Crippen LogP contribution >= 0.6 is 0 Å². The van der Waals surface area contributed by atoms with Gasteiger partial charge in [0.1, 0.15) is 5.82 Å². The lowest BCUT2D eigenvalue weighted by atomic mass is 10.3. The maximum atomic E-state index is 11.3. The van der Waals surface area contributed by atoms with E-state index in [1.165, 1.54) is 0 Å². The van der Waals surface area contributed by atoms with Crippen molar-refractivity contribution >= 4 is 17.7 Å². The van der Waals surface area contributed by atoms with Gasteiger partial charge in [0.15, 0.2) is 5.96 Å². The second-order valence-corrected chi connectivity index (χ2v) is 5.54. The van der Waals surface area contributed by atoms with Crippen LogP contribution in [-0.2, 0) is 9.53 Å². The summed E-state index contributed by atoms with van der Waals surface area (Å²) in [5.74, 6) is 1.77. The first-order chi connectivity index (χ1) is 11.7. The smallest absolute Gasteiger partial charge is 0.305 e. The van der Waals surface area contributed by atoms with Crippen molar-refractivity contribution in [3.63, 3.8) is 0 Å². The van der Waals surface area contributed by atoms with Gasteiger partial charge in [0.2, 0.25) is 0 Å². The zero-order chi connectivity index (χ0) is 17.2. The van der Waals surface area contributed by atoms with Crippen LogP contribution in [0, 0.1) is 0 Å². The third kappa shape index (κ3) is 5.40. The number of ether oxygens (including phenoxy) is 1. The molecule has 7 heteroatoms. The number of hydrogen-bond acceptors (Lipinski definition) is 5. The minimum atomic E-state index is -0.140. The molecular formula is C17H27N5O2. The maximum absolute atomic E-state index is 11.3. The van der Waals surface area contributed by atoms with Crippen molar-refractivity contribution in [2.45, 2.75) is 19.8 Å². The minimum Gasteiger partial charge on any atom is -0.466 e. The van der Waals surface area contributed by atoms with Crippen LogP contribution in [0.2, 0.25) is 0 Å². The molecule has 24 heavy (non-hydrogen) atoms. The molecule has 0 radical (unpaired) electrons. The molecule has 0 spiro atoms. The SMILES string of the molecule is CCOC(=O)CCCNC(=NC)N1CCN(c2ccccn2)CC1. The normalized spacial score (nSPS) is 15.3. The van der Waals surface area contributed by atoms with Crippen LogP contribution in [-0.4, -0.2) is 68.2 Å². The van der Waals surface area contributed by atoms with E-state index < -0.39 is 0 Å². The van der Waals surface area contributed by atoms with Gasteiger partial charge in [-0.05, 0) is 25.5 Å². The first kappa shape index (κ1) is 18.0. The summed E-state index contributed by atoms with van der Waals surface area (Å²) in [5.41, 5.74) is 0. The number of hydrogen-bond donors (Lipinski definition) is 1. The van der Waals surface area contributed by atoms with Gasteiger partial charge in [-0.1, -0.05) is 6.07 Å². The number of esters is 1. The predicted molar refractivity (Wildman–Crippen MR) is 95.3 cm³/mol. The summed E-state index contributed by atoms with van der Waals surface area (Å²) in [4.78, 5) is 24.6. The Bertz CT molecular complexity index is 527. The van der Waals surface area contributed by atoms with Crippen LogP contribution in [0.25, 0.3) is 0 Å². The predicted octanol–water partition coefficient (Wildman–Crippen LogP) is 1.12. The van der Waals surface area contributed by atoms with Crippen molar-refractivity contribution < 1.29 is 9.53 Å². The number of piperazine rings is 1. The molecule has 2 rings (SSSR count). The van der Waals surface area contributed by atoms with E-state index in [0.717, 1.165) is 44.4 Å². The van der Waals surface area contributed by atoms with Gasteiger partial charge >= 0.3 is 5.97 Å². The number of aliphatic imine (C=N–C) groups is 1. The summed E-state index contributed by atoms with van der Waals surface area (Å²) in [5, 5.41) is 3.33. The van der Waals surface area contributed by atoms with Gasteiger partial charge in [-0.2, -0.15) is 0 Å². The van der Waals surface area contributed by atoms with Crippen molar-refractivity contribution in [2.75, 3.05) is 51.3 Å². The molecule has 2 heterocycles. The van der Waals surface area contributed by atoms with Gasteiger partial charge in [0, 0.05) is 52.4 Å². The molecule has 1 aromatic heterocycles. The number of carbonyl (C=O) groups is 1. The molecule has 0 unspecified atom stereocenters. The number of aromatic nitrogens is 1. The topological polar surface area (TPSA) is 70.1 Å². The molecule has 1 fully saturated rings. The van der Waals surface area contributed by atoms with E-state index in [-0.39, 0.29) is 5.97 Å². The minimum absolute atomic E-state index is 0.140. The number of nitrogens with one attached hydrogen (secondary N) is 1. The molecule has 1 N–H and O–H groups in total. The largest absolute Gasteiger partial charge is 0.466 e. The number of pyridine rings is 1. The van der Waals surface area contributed by atoms with Crippen molar-refractivity contribution in [3.8, 4) is 0 Å². The number of nitrogens with zero attached hydrogens (tertiary/aromatic N) is 4. The van der Waals surface area contributed by atoms with Crippen LogP contribution in [0.4, 0.5) is 5.82 Å². The molecule has 7 nitrogen and oxygen atoms in total. The molecule has 0 amide bonds. The number of carbonyl (C=O) groups excluding carboxylic acids is 1. The average molecular weight is 333 g/mol. The van der Waals surface area contributed by atoms with Gasteiger partial charge in [-0.25, -0.2) is 4.98 Å². The highest BCUT2D eigenvalue weighted by Gasteiger charge is 2.20. The Morgan fingerprint density at radius 1 is 1.33 bits per heavy atom. The molecule has 0 aliphatic carbocycles. The average Bonchev–Trinajstić information content (AvgIpc) is 2.63. The lowest BCUT2D eigenvalue weighted by Crippen LogP contribution is -2.52. The van der Waals surface area contributed by atoms with Crippen LogP contribution in [0.3, 0.4) is 0 Å². The Morgan fingerprint density at radius 2 is 2.12 bits per heavy atom. The molecule has 1 saturated heterocycles. The number of anilines is 1. The van der Waals surface area contributed by atoms with Gasteiger partial charge in [-0.15, -0.1) is 0 Å². The highest BCUT2D eigenvalue weighted by molar-refractivity contribution is 5.80. The Morgan fingerprint density at radius 3 is 2.75 bits per heavy atom. The summed E-state index contributed by atoms with van der Waals surface area (Å²) in [6, 6.07) is 5.98. The lowest BCUT2D eigenvalue weighted by molar-refractivity contribution is -0.143. The zero-order valence-corrected chi connectivity index (χ0v) is 14.6. The summed E-state index contributed by atoms with van der Waals surface area (Å²) >= 11 is 0. The van der Waals surface area contributed by atoms with Crippen molar-refractivity contribution in [2.24, 2.45) is 4.99 Å². The van der Waals surface area contributed by atoms with Crippen LogP contribution in [0.15, 0.2) is 29.4 Å². The van der Waals surface area contributed by atoms with E-state index in [1.54, 1.807) is 7.05 Å². The van der Waals surface area contributed by atoms with E-state index in [2.05, 4.69) is 25.1 Å². The summed E-state index contributed by atoms with van der Waals surface area (Å²) in [6.45, 7) is 6.60. The molecule has 1 aromatic rings. The first-order valence-electron chi connectivity index (χ1n) is 8.51. The summed E-state index contributed by atoms with van der Waals surface area (Å²) in [7, 11) is 1.79. The van der Waals surface area contributed by atoms with Crippen molar-refractivity contribution in [1.82, 2.24) is 15.2 Å². The third-order valence-corrected chi connectivity index (χ3v) is 3.91. The highest BCUT2D eigenvalue weighted by atomic mass is 16.5.